The Labute approximate surface area is 180 Å². The topological polar surface area (TPSA) is 94.2 Å². The van der Waals surface area contributed by atoms with Crippen LogP contribution in [0.2, 0.25) is 5.02 Å². The van der Waals surface area contributed by atoms with Crippen LogP contribution in [0, 0.1) is 0 Å². The maximum absolute atomic E-state index is 12.8. The fourth-order valence-corrected chi connectivity index (χ4v) is 5.17. The van der Waals surface area contributed by atoms with Crippen LogP contribution < -0.4 is 23.8 Å². The van der Waals surface area contributed by atoms with Crippen molar-refractivity contribution >= 4 is 38.9 Å². The minimum Gasteiger partial charge on any atom is -0.493 e. The smallest absolute Gasteiger partial charge is 0.257 e. The molecule has 0 atom stereocenters. The standard InChI is InChI=1S/C20H23ClN2O6S/c1-27-17-10-13(11-18(28-2)19(17)29-3)22-20(24)15-7-6-14(12-16(15)21)23-8-4-5-9-30(23,25)26/h6-7,10-12H,4-5,8-9H2,1-3H3,(H,22,24). The van der Waals surface area contributed by atoms with E-state index in [4.69, 9.17) is 25.8 Å². The SMILES string of the molecule is COc1cc(NC(=O)c2ccc(N3CCCCS3(=O)=O)cc2Cl)cc(OC)c1OC. The van der Waals surface area contributed by atoms with Crippen molar-refractivity contribution in [2.75, 3.05) is 43.2 Å². The van der Waals surface area contributed by atoms with Crippen molar-refractivity contribution in [3.8, 4) is 17.2 Å². The largest absolute Gasteiger partial charge is 0.493 e. The lowest BCUT2D eigenvalue weighted by molar-refractivity contribution is 0.102. The molecule has 1 aliphatic heterocycles. The molecule has 0 radical (unpaired) electrons. The molecule has 10 heteroatoms. The quantitative estimate of drug-likeness (QED) is 0.717. The third-order valence-electron chi connectivity index (χ3n) is 4.76. The molecule has 1 saturated heterocycles. The van der Waals surface area contributed by atoms with Gasteiger partial charge in [0.2, 0.25) is 15.8 Å². The minimum absolute atomic E-state index is 0.105. The van der Waals surface area contributed by atoms with Gasteiger partial charge in [0.25, 0.3) is 5.91 Å². The summed E-state index contributed by atoms with van der Waals surface area (Å²) in [6.45, 7) is 0.398. The number of sulfonamides is 1. The number of rotatable bonds is 6. The highest BCUT2D eigenvalue weighted by Crippen LogP contribution is 2.40. The third-order valence-corrected chi connectivity index (χ3v) is 6.94. The van der Waals surface area contributed by atoms with Crippen LogP contribution in [0.3, 0.4) is 0 Å². The first-order valence-corrected chi connectivity index (χ1v) is 11.2. The summed E-state index contributed by atoms with van der Waals surface area (Å²) in [4.78, 5) is 12.8. The van der Waals surface area contributed by atoms with Crippen molar-refractivity contribution in [3.05, 3.63) is 40.9 Å². The molecule has 1 fully saturated rings. The summed E-state index contributed by atoms with van der Waals surface area (Å²) >= 11 is 6.32. The lowest BCUT2D eigenvalue weighted by Gasteiger charge is -2.28. The molecule has 2 aromatic rings. The van der Waals surface area contributed by atoms with Gasteiger partial charge >= 0.3 is 0 Å². The highest BCUT2D eigenvalue weighted by molar-refractivity contribution is 7.92. The van der Waals surface area contributed by atoms with E-state index in [9.17, 15) is 13.2 Å². The maximum Gasteiger partial charge on any atom is 0.257 e. The molecule has 0 unspecified atom stereocenters. The van der Waals surface area contributed by atoms with Gasteiger partial charge in [-0.25, -0.2) is 8.42 Å². The van der Waals surface area contributed by atoms with Crippen molar-refractivity contribution in [2.24, 2.45) is 0 Å². The number of benzene rings is 2. The Morgan fingerprint density at radius 3 is 2.23 bits per heavy atom. The van der Waals surface area contributed by atoms with E-state index in [1.165, 1.54) is 37.8 Å². The van der Waals surface area contributed by atoms with Crippen molar-refractivity contribution in [2.45, 2.75) is 12.8 Å². The van der Waals surface area contributed by atoms with Crippen LogP contribution in [0.4, 0.5) is 11.4 Å². The van der Waals surface area contributed by atoms with Crippen LogP contribution in [-0.2, 0) is 10.0 Å². The molecule has 0 aliphatic carbocycles. The Morgan fingerprint density at radius 2 is 1.70 bits per heavy atom. The fourth-order valence-electron chi connectivity index (χ4n) is 3.27. The number of hydrogen-bond donors (Lipinski definition) is 1. The van der Waals surface area contributed by atoms with E-state index in [0.29, 0.717) is 41.6 Å². The number of nitrogens with zero attached hydrogens (tertiary/aromatic N) is 1. The van der Waals surface area contributed by atoms with Crippen molar-refractivity contribution in [1.82, 2.24) is 0 Å². The average molecular weight is 455 g/mol. The van der Waals surface area contributed by atoms with Crippen LogP contribution in [0.1, 0.15) is 23.2 Å². The van der Waals surface area contributed by atoms with Gasteiger partial charge in [0.05, 0.1) is 43.4 Å². The van der Waals surface area contributed by atoms with Gasteiger partial charge in [0.1, 0.15) is 0 Å². The Kier molecular flexibility index (Phi) is 6.62. The van der Waals surface area contributed by atoms with Gasteiger partial charge in [-0.15, -0.1) is 0 Å². The van der Waals surface area contributed by atoms with Gasteiger partial charge in [-0.1, -0.05) is 11.6 Å². The van der Waals surface area contributed by atoms with E-state index in [2.05, 4.69) is 5.32 Å². The molecule has 3 rings (SSSR count). The van der Waals surface area contributed by atoms with Gasteiger partial charge in [0, 0.05) is 24.4 Å². The summed E-state index contributed by atoms with van der Waals surface area (Å²) in [5.41, 5.74) is 1.08. The molecule has 1 amide bonds. The summed E-state index contributed by atoms with van der Waals surface area (Å²) in [5.74, 6) is 0.840. The van der Waals surface area contributed by atoms with Gasteiger partial charge < -0.3 is 19.5 Å². The van der Waals surface area contributed by atoms with Crippen LogP contribution in [0.25, 0.3) is 0 Å². The first-order valence-electron chi connectivity index (χ1n) is 9.22. The number of hydrogen-bond acceptors (Lipinski definition) is 6. The number of nitrogens with one attached hydrogen (secondary N) is 1. The molecule has 8 nitrogen and oxygen atoms in total. The third kappa shape index (κ3) is 4.41. The van der Waals surface area contributed by atoms with Crippen LogP contribution in [0.5, 0.6) is 17.2 Å². The molecule has 0 bridgehead atoms. The Hall–Kier alpha value is -2.65. The molecule has 0 aromatic heterocycles. The number of amides is 1. The molecule has 2 aromatic carbocycles. The highest BCUT2D eigenvalue weighted by atomic mass is 35.5. The molecule has 1 aliphatic rings. The first-order chi connectivity index (χ1) is 14.3. The maximum atomic E-state index is 12.8. The van der Waals surface area contributed by atoms with E-state index >= 15 is 0 Å². The van der Waals surface area contributed by atoms with Crippen LogP contribution in [-0.4, -0.2) is 48.0 Å². The zero-order chi connectivity index (χ0) is 21.9. The van der Waals surface area contributed by atoms with E-state index in [0.717, 1.165) is 6.42 Å². The Morgan fingerprint density at radius 1 is 1.03 bits per heavy atom. The molecule has 0 spiro atoms. The fraction of sp³-hybridized carbons (Fsp3) is 0.350. The second-order valence-electron chi connectivity index (χ2n) is 6.63. The second kappa shape index (κ2) is 9.01. The molecule has 1 heterocycles. The number of halogens is 1. The molecular formula is C20H23ClN2O6S. The van der Waals surface area contributed by atoms with E-state index in [1.54, 1.807) is 18.2 Å². The highest BCUT2D eigenvalue weighted by Gasteiger charge is 2.27. The number of anilines is 2. The molecule has 1 N–H and O–H groups in total. The summed E-state index contributed by atoms with van der Waals surface area (Å²) < 4.78 is 41.8. The Bertz CT molecular complexity index is 1030. The van der Waals surface area contributed by atoms with Gasteiger partial charge in [-0.3, -0.25) is 9.10 Å². The molecular weight excluding hydrogens is 432 g/mol. The van der Waals surface area contributed by atoms with Crippen molar-refractivity contribution in [3.63, 3.8) is 0 Å². The first kappa shape index (κ1) is 22.0. The number of carbonyl (C=O) groups excluding carboxylic acids is 1. The van der Waals surface area contributed by atoms with Crippen LogP contribution >= 0.6 is 11.6 Å². The van der Waals surface area contributed by atoms with Crippen LogP contribution in [0.15, 0.2) is 30.3 Å². The van der Waals surface area contributed by atoms with E-state index in [1.807, 2.05) is 0 Å². The lowest BCUT2D eigenvalue weighted by Crippen LogP contribution is -2.37. The zero-order valence-electron chi connectivity index (χ0n) is 16.9. The molecule has 162 valence electrons. The van der Waals surface area contributed by atoms with Gasteiger partial charge in [-0.2, -0.15) is 0 Å². The summed E-state index contributed by atoms with van der Waals surface area (Å²) in [6, 6.07) is 7.78. The molecule has 30 heavy (non-hydrogen) atoms. The van der Waals surface area contributed by atoms with Crippen molar-refractivity contribution < 1.29 is 27.4 Å². The average Bonchev–Trinajstić information content (AvgIpc) is 2.72. The number of ether oxygens (including phenoxy) is 3. The predicted octanol–water partition coefficient (Wildman–Crippen LogP) is 3.55. The van der Waals surface area contributed by atoms with E-state index in [-0.39, 0.29) is 16.3 Å². The van der Waals surface area contributed by atoms with Gasteiger partial charge in [-0.05, 0) is 31.0 Å². The predicted molar refractivity (Wildman–Crippen MR) is 116 cm³/mol. The molecule has 0 saturated carbocycles. The monoisotopic (exact) mass is 454 g/mol. The van der Waals surface area contributed by atoms with E-state index < -0.39 is 15.9 Å². The van der Waals surface area contributed by atoms with Gasteiger partial charge in [0.15, 0.2) is 11.5 Å². The second-order valence-corrected chi connectivity index (χ2v) is 9.05. The minimum atomic E-state index is -3.36. The summed E-state index contributed by atoms with van der Waals surface area (Å²) in [7, 11) is 1.08. The normalized spacial score (nSPS) is 15.4. The Balaban J connectivity index is 1.86. The summed E-state index contributed by atoms with van der Waals surface area (Å²) in [5, 5.41) is 2.90. The number of carbonyl (C=O) groups is 1. The number of methoxy groups -OCH3 is 3. The zero-order valence-corrected chi connectivity index (χ0v) is 18.5. The van der Waals surface area contributed by atoms with Crippen molar-refractivity contribution in [1.29, 1.82) is 0 Å². The summed E-state index contributed by atoms with van der Waals surface area (Å²) in [6.07, 6.45) is 1.42. The lowest BCUT2D eigenvalue weighted by atomic mass is 10.1.